The van der Waals surface area contributed by atoms with Crippen molar-refractivity contribution < 1.29 is 23.9 Å². The van der Waals surface area contributed by atoms with Crippen molar-refractivity contribution in [2.75, 3.05) is 14.2 Å². The molecule has 120 valence electrons. The molecule has 8 heteroatoms. The Bertz CT molecular complexity index is 843. The standard InChI is InChI=1S/C16H11N3O5/c1-23-9-4-3-8(5-10(9)24-2)11(20)12-15(6-17)13(21)19-14(22)16(12,15)7-18/h3-5,12H,1-2H3,(H,19,21,22). The quantitative estimate of drug-likeness (QED) is 0.618. The first kappa shape index (κ1) is 15.5. The van der Waals surface area contributed by atoms with Crippen molar-refractivity contribution in [2.24, 2.45) is 16.7 Å². The van der Waals surface area contributed by atoms with Gasteiger partial charge in [-0.1, -0.05) is 0 Å². The van der Waals surface area contributed by atoms with Crippen LogP contribution in [-0.4, -0.2) is 31.8 Å². The van der Waals surface area contributed by atoms with E-state index in [0.717, 1.165) is 0 Å². The van der Waals surface area contributed by atoms with Gasteiger partial charge in [0.15, 0.2) is 28.1 Å². The number of ether oxygens (including phenoxy) is 2. The summed E-state index contributed by atoms with van der Waals surface area (Å²) in [5.74, 6) is -3.11. The Kier molecular flexibility index (Phi) is 3.10. The Morgan fingerprint density at radius 3 is 2.08 bits per heavy atom. The summed E-state index contributed by atoms with van der Waals surface area (Å²) in [5.41, 5.74) is -3.82. The Labute approximate surface area is 136 Å². The number of rotatable bonds is 4. The second-order valence-corrected chi connectivity index (χ2v) is 5.49. The van der Waals surface area contributed by atoms with Gasteiger partial charge < -0.3 is 9.47 Å². The number of hydrogen-bond acceptors (Lipinski definition) is 7. The van der Waals surface area contributed by atoms with Crippen LogP contribution in [0.2, 0.25) is 0 Å². The highest BCUT2D eigenvalue weighted by Crippen LogP contribution is 2.72. The molecule has 2 aliphatic rings. The highest BCUT2D eigenvalue weighted by Gasteiger charge is 2.92. The summed E-state index contributed by atoms with van der Waals surface area (Å²) in [6.07, 6.45) is 0. The number of nitrogens with zero attached hydrogens (tertiary/aromatic N) is 2. The monoisotopic (exact) mass is 325 g/mol. The molecule has 24 heavy (non-hydrogen) atoms. The zero-order chi connectivity index (χ0) is 17.7. The van der Waals surface area contributed by atoms with Gasteiger partial charge in [-0.3, -0.25) is 19.7 Å². The summed E-state index contributed by atoms with van der Waals surface area (Å²) in [7, 11) is 2.82. The zero-order valence-electron chi connectivity index (χ0n) is 12.7. The maximum atomic E-state index is 12.8. The van der Waals surface area contributed by atoms with Gasteiger partial charge in [-0.25, -0.2) is 0 Å². The summed E-state index contributed by atoms with van der Waals surface area (Å²) in [5, 5.41) is 20.7. The molecular weight excluding hydrogens is 314 g/mol. The minimum atomic E-state index is -1.97. The number of carbonyl (C=O) groups is 3. The lowest BCUT2D eigenvalue weighted by Gasteiger charge is -2.10. The predicted octanol–water partition coefficient (Wildman–Crippen LogP) is 0.193. The molecule has 1 N–H and O–H groups in total. The van der Waals surface area contributed by atoms with Crippen LogP contribution in [0.25, 0.3) is 0 Å². The number of ketones is 1. The van der Waals surface area contributed by atoms with E-state index in [1.165, 1.54) is 32.4 Å². The van der Waals surface area contributed by atoms with Crippen molar-refractivity contribution in [3.8, 4) is 23.6 Å². The van der Waals surface area contributed by atoms with E-state index in [1.54, 1.807) is 12.1 Å². The van der Waals surface area contributed by atoms with Gasteiger partial charge in [0, 0.05) is 5.56 Å². The van der Waals surface area contributed by atoms with E-state index in [0.29, 0.717) is 5.75 Å². The second kappa shape index (κ2) is 4.80. The molecule has 1 saturated carbocycles. The Morgan fingerprint density at radius 2 is 1.62 bits per heavy atom. The van der Waals surface area contributed by atoms with Crippen molar-refractivity contribution in [3.05, 3.63) is 23.8 Å². The van der Waals surface area contributed by atoms with Gasteiger partial charge in [0.2, 0.25) is 11.8 Å². The Balaban J connectivity index is 2.07. The van der Waals surface area contributed by atoms with Gasteiger partial charge in [0.05, 0.1) is 32.3 Å². The molecule has 1 aromatic carbocycles. The molecule has 2 unspecified atom stereocenters. The lowest BCUT2D eigenvalue weighted by molar-refractivity contribution is -0.129. The molecule has 0 bridgehead atoms. The van der Waals surface area contributed by atoms with E-state index in [2.05, 4.69) is 0 Å². The lowest BCUT2D eigenvalue weighted by Crippen LogP contribution is -2.34. The third-order valence-corrected chi connectivity index (χ3v) is 4.63. The van der Waals surface area contributed by atoms with Gasteiger partial charge in [0.1, 0.15) is 0 Å². The highest BCUT2D eigenvalue weighted by atomic mass is 16.5. The average Bonchev–Trinajstić information content (AvgIpc) is 3.17. The van der Waals surface area contributed by atoms with Crippen LogP contribution in [-0.2, 0) is 9.59 Å². The summed E-state index contributed by atoms with van der Waals surface area (Å²) in [6.45, 7) is 0. The largest absolute Gasteiger partial charge is 0.493 e. The number of benzene rings is 1. The van der Waals surface area contributed by atoms with E-state index in [1.807, 2.05) is 5.32 Å². The molecule has 2 fully saturated rings. The van der Waals surface area contributed by atoms with E-state index in [9.17, 15) is 24.9 Å². The normalized spacial score (nSPS) is 29.8. The van der Waals surface area contributed by atoms with Crippen LogP contribution in [0.4, 0.5) is 0 Å². The van der Waals surface area contributed by atoms with E-state index in [4.69, 9.17) is 9.47 Å². The van der Waals surface area contributed by atoms with Crippen LogP contribution in [0.15, 0.2) is 18.2 Å². The van der Waals surface area contributed by atoms with Gasteiger partial charge >= 0.3 is 0 Å². The Hall–Kier alpha value is -3.39. The van der Waals surface area contributed by atoms with Gasteiger partial charge in [-0.05, 0) is 18.2 Å². The first-order valence-electron chi connectivity index (χ1n) is 6.89. The second-order valence-electron chi connectivity index (χ2n) is 5.49. The predicted molar refractivity (Wildman–Crippen MR) is 76.6 cm³/mol. The highest BCUT2D eigenvalue weighted by molar-refractivity contribution is 6.25. The van der Waals surface area contributed by atoms with E-state index < -0.39 is 34.3 Å². The maximum Gasteiger partial charge on any atom is 0.250 e. The van der Waals surface area contributed by atoms with Gasteiger partial charge in [0.25, 0.3) is 0 Å². The molecule has 1 aliphatic carbocycles. The molecule has 2 atom stereocenters. The molecule has 0 spiro atoms. The topological polar surface area (TPSA) is 129 Å². The maximum absolute atomic E-state index is 12.8. The summed E-state index contributed by atoms with van der Waals surface area (Å²) < 4.78 is 10.2. The zero-order valence-corrected chi connectivity index (χ0v) is 12.7. The summed E-state index contributed by atoms with van der Waals surface area (Å²) in [4.78, 5) is 36.8. The fraction of sp³-hybridized carbons (Fsp3) is 0.312. The summed E-state index contributed by atoms with van der Waals surface area (Å²) >= 11 is 0. The number of hydrogen-bond donors (Lipinski definition) is 1. The van der Waals surface area contributed by atoms with Crippen LogP contribution in [0.1, 0.15) is 10.4 Å². The third-order valence-electron chi connectivity index (χ3n) is 4.63. The van der Waals surface area contributed by atoms with Crippen LogP contribution in [0.3, 0.4) is 0 Å². The minimum Gasteiger partial charge on any atom is -0.493 e. The lowest BCUT2D eigenvalue weighted by atomic mass is 9.98. The number of Topliss-reactive ketones (excluding diaryl/α,β-unsaturated/α-hetero) is 1. The van der Waals surface area contributed by atoms with Crippen LogP contribution in [0.5, 0.6) is 11.5 Å². The molecule has 1 heterocycles. The van der Waals surface area contributed by atoms with Crippen molar-refractivity contribution in [1.29, 1.82) is 10.5 Å². The Morgan fingerprint density at radius 1 is 1.08 bits per heavy atom. The average molecular weight is 325 g/mol. The summed E-state index contributed by atoms with van der Waals surface area (Å²) in [6, 6.07) is 7.71. The molecule has 8 nitrogen and oxygen atoms in total. The molecule has 1 saturated heterocycles. The molecular formula is C16H11N3O5. The number of nitriles is 2. The van der Waals surface area contributed by atoms with E-state index >= 15 is 0 Å². The van der Waals surface area contributed by atoms with E-state index in [-0.39, 0.29) is 11.3 Å². The number of piperidine rings is 1. The van der Waals surface area contributed by atoms with Crippen LogP contribution in [0, 0.1) is 39.4 Å². The molecule has 0 aromatic heterocycles. The van der Waals surface area contributed by atoms with Crippen molar-refractivity contribution >= 4 is 17.6 Å². The molecule has 1 aliphatic heterocycles. The van der Waals surface area contributed by atoms with Crippen molar-refractivity contribution in [3.63, 3.8) is 0 Å². The SMILES string of the molecule is COc1ccc(C(=O)C2C3(C#N)C(=O)NC(=O)C23C#N)cc1OC. The molecule has 2 amide bonds. The number of imide groups is 1. The number of fused-ring (bicyclic) bond motifs is 1. The molecule has 1 aromatic rings. The molecule has 0 radical (unpaired) electrons. The molecule has 3 rings (SSSR count). The number of amides is 2. The number of nitrogens with one attached hydrogen (secondary N) is 1. The van der Waals surface area contributed by atoms with Gasteiger partial charge in [-0.15, -0.1) is 0 Å². The first-order chi connectivity index (χ1) is 11.4. The van der Waals surface area contributed by atoms with Crippen LogP contribution >= 0.6 is 0 Å². The smallest absolute Gasteiger partial charge is 0.250 e. The number of methoxy groups -OCH3 is 2. The van der Waals surface area contributed by atoms with Crippen molar-refractivity contribution in [1.82, 2.24) is 5.32 Å². The fourth-order valence-corrected chi connectivity index (χ4v) is 3.35. The third kappa shape index (κ3) is 1.47. The van der Waals surface area contributed by atoms with Gasteiger partial charge in [-0.2, -0.15) is 10.5 Å². The minimum absolute atomic E-state index is 0.122. The van der Waals surface area contributed by atoms with Crippen LogP contribution < -0.4 is 14.8 Å². The number of carbonyl (C=O) groups excluding carboxylic acids is 3. The van der Waals surface area contributed by atoms with Crippen molar-refractivity contribution in [2.45, 2.75) is 0 Å². The fourth-order valence-electron chi connectivity index (χ4n) is 3.35. The first-order valence-corrected chi connectivity index (χ1v) is 6.89.